The molecule has 0 rings (SSSR count). The van der Waals surface area contributed by atoms with Gasteiger partial charge in [-0.15, -0.1) is 0 Å². The molecule has 0 aromatic carbocycles. The summed E-state index contributed by atoms with van der Waals surface area (Å²) in [5.74, 6) is 0. The second-order valence-corrected chi connectivity index (χ2v) is 1.99. The predicted molar refractivity (Wildman–Crippen MR) is 35.8 cm³/mol. The maximum Gasteiger partial charge on any atom is -0.00443 e. The lowest BCUT2D eigenvalue weighted by Gasteiger charge is -1.92. The maximum absolute atomic E-state index is 5.24. The molecule has 0 heterocycles. The van der Waals surface area contributed by atoms with E-state index in [0.717, 1.165) is 6.42 Å². The SMILES string of the molecule is C/C=C(/CC)SN. The summed E-state index contributed by atoms with van der Waals surface area (Å²) in [5, 5.41) is 5.24. The minimum atomic E-state index is 1.05. The highest BCUT2D eigenvalue weighted by molar-refractivity contribution is 8.00. The molecule has 0 aliphatic rings. The van der Waals surface area contributed by atoms with Gasteiger partial charge in [-0.2, -0.15) is 0 Å². The minimum Gasteiger partial charge on any atom is -0.274 e. The molecule has 0 aliphatic carbocycles. The van der Waals surface area contributed by atoms with Gasteiger partial charge < -0.3 is 0 Å². The molecule has 2 N–H and O–H groups in total. The molecule has 0 radical (unpaired) electrons. The van der Waals surface area contributed by atoms with Gasteiger partial charge in [0.25, 0.3) is 0 Å². The van der Waals surface area contributed by atoms with Crippen LogP contribution in [0.4, 0.5) is 0 Å². The Hall–Kier alpha value is 0.0500. The molecule has 0 amide bonds. The molecule has 0 aromatic heterocycles. The van der Waals surface area contributed by atoms with E-state index in [-0.39, 0.29) is 0 Å². The van der Waals surface area contributed by atoms with Crippen molar-refractivity contribution in [3.05, 3.63) is 11.0 Å². The largest absolute Gasteiger partial charge is 0.274 e. The quantitative estimate of drug-likeness (QED) is 0.559. The van der Waals surface area contributed by atoms with Crippen molar-refractivity contribution in [2.75, 3.05) is 0 Å². The zero-order valence-corrected chi connectivity index (χ0v) is 5.59. The molecule has 1 nitrogen and oxygen atoms in total. The van der Waals surface area contributed by atoms with Crippen LogP contribution in [0.2, 0.25) is 0 Å². The van der Waals surface area contributed by atoms with Crippen LogP contribution in [0.5, 0.6) is 0 Å². The first-order valence-electron chi connectivity index (χ1n) is 2.37. The molecule has 0 saturated carbocycles. The highest BCUT2D eigenvalue weighted by atomic mass is 32.2. The lowest BCUT2D eigenvalue weighted by Crippen LogP contribution is -1.79. The van der Waals surface area contributed by atoms with Gasteiger partial charge in [-0.25, -0.2) is 0 Å². The Labute approximate surface area is 49.1 Å². The molecule has 0 unspecified atom stereocenters. The third-order valence-electron chi connectivity index (χ3n) is 0.822. The summed E-state index contributed by atoms with van der Waals surface area (Å²) >= 11 is 1.33. The molecule has 0 aromatic rings. The summed E-state index contributed by atoms with van der Waals surface area (Å²) in [7, 11) is 0. The van der Waals surface area contributed by atoms with Crippen LogP contribution in [0.3, 0.4) is 0 Å². The van der Waals surface area contributed by atoms with Crippen LogP contribution < -0.4 is 5.14 Å². The molecule has 0 bridgehead atoms. The maximum atomic E-state index is 5.24. The fraction of sp³-hybridized carbons (Fsp3) is 0.600. The molecule has 0 atom stereocenters. The first-order chi connectivity index (χ1) is 3.35. The van der Waals surface area contributed by atoms with Gasteiger partial charge in [-0.05, 0) is 18.2 Å². The Balaban J connectivity index is 3.38. The highest BCUT2D eigenvalue weighted by Gasteiger charge is 1.83. The third-order valence-corrected chi connectivity index (χ3v) is 1.65. The third kappa shape index (κ3) is 2.71. The van der Waals surface area contributed by atoms with Gasteiger partial charge in [0.1, 0.15) is 0 Å². The van der Waals surface area contributed by atoms with Gasteiger partial charge in [-0.1, -0.05) is 24.9 Å². The van der Waals surface area contributed by atoms with E-state index < -0.39 is 0 Å². The van der Waals surface area contributed by atoms with E-state index in [1.54, 1.807) is 0 Å². The summed E-state index contributed by atoms with van der Waals surface area (Å²) in [5.41, 5.74) is 0. The fourth-order valence-corrected chi connectivity index (χ4v) is 0.658. The zero-order valence-electron chi connectivity index (χ0n) is 4.77. The normalized spacial score (nSPS) is 12.1. The van der Waals surface area contributed by atoms with Gasteiger partial charge in [0.15, 0.2) is 0 Å². The van der Waals surface area contributed by atoms with E-state index in [4.69, 9.17) is 5.14 Å². The average molecular weight is 117 g/mol. The Morgan fingerprint density at radius 1 is 1.86 bits per heavy atom. The van der Waals surface area contributed by atoms with Crippen molar-refractivity contribution >= 4 is 11.9 Å². The topological polar surface area (TPSA) is 26.0 Å². The second-order valence-electron chi connectivity index (χ2n) is 1.23. The molecular formula is C5H11NS. The number of allylic oxidation sites excluding steroid dienone is 2. The van der Waals surface area contributed by atoms with Gasteiger partial charge in [0, 0.05) is 0 Å². The van der Waals surface area contributed by atoms with Gasteiger partial charge in [0.05, 0.1) is 0 Å². The van der Waals surface area contributed by atoms with E-state index in [9.17, 15) is 0 Å². The van der Waals surface area contributed by atoms with Crippen molar-refractivity contribution in [3.63, 3.8) is 0 Å². The summed E-state index contributed by atoms with van der Waals surface area (Å²) in [6.07, 6.45) is 3.09. The van der Waals surface area contributed by atoms with E-state index in [0.29, 0.717) is 0 Å². The Bertz CT molecular complexity index is 62.5. The number of hydrogen-bond acceptors (Lipinski definition) is 2. The van der Waals surface area contributed by atoms with Crippen molar-refractivity contribution in [1.82, 2.24) is 0 Å². The lowest BCUT2D eigenvalue weighted by molar-refractivity contribution is 1.19. The van der Waals surface area contributed by atoms with Crippen molar-refractivity contribution in [2.24, 2.45) is 5.14 Å². The van der Waals surface area contributed by atoms with Crippen LogP contribution in [0.15, 0.2) is 11.0 Å². The smallest absolute Gasteiger partial charge is 0.00443 e. The van der Waals surface area contributed by atoms with E-state index in [1.807, 2.05) is 13.0 Å². The Morgan fingerprint density at radius 2 is 2.43 bits per heavy atom. The van der Waals surface area contributed by atoms with Crippen molar-refractivity contribution in [1.29, 1.82) is 0 Å². The van der Waals surface area contributed by atoms with Gasteiger partial charge in [-0.3, -0.25) is 5.14 Å². The molecule has 0 spiro atoms. The molecule has 7 heavy (non-hydrogen) atoms. The molecule has 0 fully saturated rings. The van der Waals surface area contributed by atoms with Crippen LogP contribution in [0.1, 0.15) is 20.3 Å². The standard InChI is InChI=1S/C5H11NS/c1-3-5(4-2)7-6/h3H,4,6H2,1-2H3/b5-3-. The van der Waals surface area contributed by atoms with Crippen LogP contribution in [0, 0.1) is 0 Å². The number of rotatable bonds is 2. The average Bonchev–Trinajstić information content (AvgIpc) is 1.72. The molecule has 0 saturated heterocycles. The van der Waals surface area contributed by atoms with Crippen LogP contribution in [-0.2, 0) is 0 Å². The predicted octanol–water partition coefficient (Wildman–Crippen LogP) is 1.91. The molecule has 2 heteroatoms. The highest BCUT2D eigenvalue weighted by Crippen LogP contribution is 2.10. The molecule has 0 aliphatic heterocycles. The summed E-state index contributed by atoms with van der Waals surface area (Å²) in [4.78, 5) is 1.25. The number of nitrogens with two attached hydrogens (primary N) is 1. The molecule has 42 valence electrons. The fourth-order valence-electron chi connectivity index (χ4n) is 0.355. The van der Waals surface area contributed by atoms with Crippen LogP contribution >= 0.6 is 11.9 Å². The summed E-state index contributed by atoms with van der Waals surface area (Å²) in [6, 6.07) is 0. The van der Waals surface area contributed by atoms with Crippen LogP contribution in [-0.4, -0.2) is 0 Å². The van der Waals surface area contributed by atoms with E-state index in [2.05, 4.69) is 6.92 Å². The lowest BCUT2D eigenvalue weighted by atomic mass is 10.4. The summed E-state index contributed by atoms with van der Waals surface area (Å²) in [6.45, 7) is 4.09. The molecular weight excluding hydrogens is 106 g/mol. The monoisotopic (exact) mass is 117 g/mol. The number of hydrogen-bond donors (Lipinski definition) is 1. The first-order valence-corrected chi connectivity index (χ1v) is 3.25. The van der Waals surface area contributed by atoms with Crippen LogP contribution in [0.25, 0.3) is 0 Å². The van der Waals surface area contributed by atoms with Crippen molar-refractivity contribution in [2.45, 2.75) is 20.3 Å². The first kappa shape index (κ1) is 7.05. The van der Waals surface area contributed by atoms with E-state index >= 15 is 0 Å². The van der Waals surface area contributed by atoms with Crippen molar-refractivity contribution < 1.29 is 0 Å². The second kappa shape index (κ2) is 4.22. The zero-order chi connectivity index (χ0) is 5.70. The van der Waals surface area contributed by atoms with Gasteiger partial charge >= 0.3 is 0 Å². The Kier molecular flexibility index (Phi) is 4.25. The minimum absolute atomic E-state index is 1.05. The summed E-state index contributed by atoms with van der Waals surface area (Å²) < 4.78 is 0. The van der Waals surface area contributed by atoms with Crippen molar-refractivity contribution in [3.8, 4) is 0 Å². The van der Waals surface area contributed by atoms with E-state index in [1.165, 1.54) is 16.9 Å². The van der Waals surface area contributed by atoms with Gasteiger partial charge in [0.2, 0.25) is 0 Å². The Morgan fingerprint density at radius 3 is 2.43 bits per heavy atom.